The van der Waals surface area contributed by atoms with Crippen LogP contribution in [0.3, 0.4) is 0 Å². The molecule has 0 saturated heterocycles. The summed E-state index contributed by atoms with van der Waals surface area (Å²) in [7, 11) is 1.52. The van der Waals surface area contributed by atoms with Crippen LogP contribution in [-0.2, 0) is 11.7 Å². The summed E-state index contributed by atoms with van der Waals surface area (Å²) in [6.07, 6.45) is -4.41. The molecule has 90 valence electrons. The lowest BCUT2D eigenvalue weighted by atomic mass is 9.88. The van der Waals surface area contributed by atoms with Crippen LogP contribution < -0.4 is 5.32 Å². The number of aliphatic hydroxyl groups is 1. The van der Waals surface area contributed by atoms with Crippen LogP contribution in [0.25, 0.3) is 0 Å². The number of aliphatic hydroxyl groups excluding tert-OH is 1. The highest BCUT2D eigenvalue weighted by molar-refractivity contribution is 5.35. The van der Waals surface area contributed by atoms with Crippen LogP contribution in [-0.4, -0.2) is 18.8 Å². The van der Waals surface area contributed by atoms with Crippen molar-refractivity contribution in [2.75, 3.05) is 13.7 Å². The number of alkyl halides is 3. The van der Waals surface area contributed by atoms with Crippen LogP contribution in [0.5, 0.6) is 0 Å². The van der Waals surface area contributed by atoms with E-state index in [4.69, 9.17) is 0 Å². The van der Waals surface area contributed by atoms with E-state index in [0.717, 1.165) is 6.07 Å². The molecule has 0 aliphatic rings. The van der Waals surface area contributed by atoms with E-state index in [9.17, 15) is 18.3 Å². The number of likely N-dealkylation sites (N-methyl/N-ethyl adjacent to an activating group) is 1. The third-order valence-corrected chi connectivity index (χ3v) is 2.69. The molecule has 1 aromatic carbocycles. The van der Waals surface area contributed by atoms with Crippen LogP contribution in [0, 0.1) is 0 Å². The van der Waals surface area contributed by atoms with Crippen LogP contribution in [0.1, 0.15) is 18.1 Å². The fourth-order valence-corrected chi connectivity index (χ4v) is 1.51. The summed E-state index contributed by atoms with van der Waals surface area (Å²) in [5, 5.41) is 11.9. The zero-order valence-corrected chi connectivity index (χ0v) is 9.10. The van der Waals surface area contributed by atoms with Crippen molar-refractivity contribution in [2.45, 2.75) is 18.6 Å². The molecule has 0 aliphatic carbocycles. The quantitative estimate of drug-likeness (QED) is 0.838. The molecule has 2 N–H and O–H groups in total. The zero-order valence-electron chi connectivity index (χ0n) is 9.10. The van der Waals surface area contributed by atoms with E-state index < -0.39 is 23.9 Å². The van der Waals surface area contributed by atoms with Crippen molar-refractivity contribution in [3.63, 3.8) is 0 Å². The van der Waals surface area contributed by atoms with Crippen LogP contribution in [0.15, 0.2) is 24.3 Å². The molecule has 0 radical (unpaired) electrons. The van der Waals surface area contributed by atoms with Crippen molar-refractivity contribution in [3.05, 3.63) is 35.4 Å². The van der Waals surface area contributed by atoms with Gasteiger partial charge in [0.15, 0.2) is 0 Å². The summed E-state index contributed by atoms with van der Waals surface area (Å²) in [5.41, 5.74) is -1.76. The van der Waals surface area contributed by atoms with Crippen molar-refractivity contribution < 1.29 is 18.3 Å². The van der Waals surface area contributed by atoms with Gasteiger partial charge in [-0.2, -0.15) is 13.2 Å². The maximum Gasteiger partial charge on any atom is 0.416 e. The summed E-state index contributed by atoms with van der Waals surface area (Å²) in [5.74, 6) is 0. The van der Waals surface area contributed by atoms with Crippen LogP contribution in [0.4, 0.5) is 13.2 Å². The van der Waals surface area contributed by atoms with Crippen molar-refractivity contribution in [1.82, 2.24) is 5.32 Å². The van der Waals surface area contributed by atoms with Crippen LogP contribution in [0.2, 0.25) is 0 Å². The van der Waals surface area contributed by atoms with Crippen molar-refractivity contribution in [3.8, 4) is 0 Å². The average molecular weight is 233 g/mol. The van der Waals surface area contributed by atoms with Gasteiger partial charge in [0, 0.05) is 0 Å². The Morgan fingerprint density at radius 2 is 1.69 bits per heavy atom. The van der Waals surface area contributed by atoms with E-state index in [-0.39, 0.29) is 5.56 Å². The molecule has 0 fully saturated rings. The highest BCUT2D eigenvalue weighted by Gasteiger charge is 2.38. The molecular formula is C11H14F3NO. The van der Waals surface area contributed by atoms with Gasteiger partial charge in [0.1, 0.15) is 0 Å². The molecule has 2 nitrogen and oxygen atoms in total. The first-order chi connectivity index (χ1) is 7.35. The van der Waals surface area contributed by atoms with E-state index in [1.165, 1.54) is 32.2 Å². The Labute approximate surface area is 92.1 Å². The third kappa shape index (κ3) is 2.36. The van der Waals surface area contributed by atoms with E-state index in [0.29, 0.717) is 0 Å². The van der Waals surface area contributed by atoms with Crippen molar-refractivity contribution in [1.29, 1.82) is 0 Å². The number of hydrogen-bond acceptors (Lipinski definition) is 2. The first-order valence-electron chi connectivity index (χ1n) is 4.81. The zero-order chi connectivity index (χ0) is 12.4. The molecule has 1 aromatic rings. The molecule has 5 heteroatoms. The Balaban J connectivity index is 3.34. The fourth-order valence-electron chi connectivity index (χ4n) is 1.51. The van der Waals surface area contributed by atoms with Gasteiger partial charge in [0.2, 0.25) is 0 Å². The predicted molar refractivity (Wildman–Crippen MR) is 54.9 cm³/mol. The van der Waals surface area contributed by atoms with E-state index >= 15 is 0 Å². The second kappa shape index (κ2) is 4.43. The van der Waals surface area contributed by atoms with Gasteiger partial charge in [-0.1, -0.05) is 18.2 Å². The van der Waals surface area contributed by atoms with Gasteiger partial charge in [0.25, 0.3) is 0 Å². The topological polar surface area (TPSA) is 32.3 Å². The Hall–Kier alpha value is -1.07. The van der Waals surface area contributed by atoms with Crippen molar-refractivity contribution >= 4 is 0 Å². The van der Waals surface area contributed by atoms with Gasteiger partial charge in [-0.15, -0.1) is 0 Å². The lowest BCUT2D eigenvalue weighted by Crippen LogP contribution is -2.41. The van der Waals surface area contributed by atoms with Gasteiger partial charge >= 0.3 is 6.18 Å². The standard InChI is InChI=1S/C11H14F3NO/c1-10(7-16,15-2)8-5-3-4-6-9(8)11(12,13)14/h3-6,15-16H,7H2,1-2H3. The molecule has 0 saturated carbocycles. The number of rotatable bonds is 3. The Kier molecular flexibility index (Phi) is 3.60. The minimum atomic E-state index is -4.41. The Morgan fingerprint density at radius 1 is 1.19 bits per heavy atom. The SMILES string of the molecule is CNC(C)(CO)c1ccccc1C(F)(F)F. The molecule has 0 heterocycles. The molecule has 0 aliphatic heterocycles. The highest BCUT2D eigenvalue weighted by atomic mass is 19.4. The van der Waals surface area contributed by atoms with E-state index in [1.54, 1.807) is 0 Å². The molecule has 0 aromatic heterocycles. The van der Waals surface area contributed by atoms with Gasteiger partial charge in [-0.25, -0.2) is 0 Å². The number of benzene rings is 1. The smallest absolute Gasteiger partial charge is 0.394 e. The van der Waals surface area contributed by atoms with E-state index in [1.807, 2.05) is 0 Å². The summed E-state index contributed by atoms with van der Waals surface area (Å²) >= 11 is 0. The summed E-state index contributed by atoms with van der Waals surface area (Å²) in [6, 6.07) is 5.24. The molecule has 1 unspecified atom stereocenters. The first-order valence-corrected chi connectivity index (χ1v) is 4.81. The van der Waals surface area contributed by atoms with Gasteiger partial charge in [0.05, 0.1) is 17.7 Å². The fraction of sp³-hybridized carbons (Fsp3) is 0.455. The summed E-state index contributed by atoms with van der Waals surface area (Å²) in [6.45, 7) is 1.12. The average Bonchev–Trinajstić information content (AvgIpc) is 2.27. The minimum absolute atomic E-state index is 0.0486. The van der Waals surface area contributed by atoms with Gasteiger partial charge in [-0.3, -0.25) is 0 Å². The second-order valence-electron chi connectivity index (χ2n) is 3.78. The van der Waals surface area contributed by atoms with Crippen molar-refractivity contribution in [2.24, 2.45) is 0 Å². The number of halogens is 3. The summed E-state index contributed by atoms with van der Waals surface area (Å²) < 4.78 is 38.2. The third-order valence-electron chi connectivity index (χ3n) is 2.69. The molecule has 16 heavy (non-hydrogen) atoms. The predicted octanol–water partition coefficient (Wildman–Crippen LogP) is 2.13. The normalized spacial score (nSPS) is 15.9. The van der Waals surface area contributed by atoms with E-state index in [2.05, 4.69) is 5.32 Å². The van der Waals surface area contributed by atoms with Gasteiger partial charge < -0.3 is 10.4 Å². The number of hydrogen-bond donors (Lipinski definition) is 2. The second-order valence-corrected chi connectivity index (χ2v) is 3.78. The molecule has 1 rings (SSSR count). The lowest BCUT2D eigenvalue weighted by Gasteiger charge is -2.30. The van der Waals surface area contributed by atoms with Gasteiger partial charge in [-0.05, 0) is 25.6 Å². The molecule has 0 amide bonds. The summed E-state index contributed by atoms with van der Waals surface area (Å²) in [4.78, 5) is 0. The monoisotopic (exact) mass is 233 g/mol. The Morgan fingerprint density at radius 3 is 2.06 bits per heavy atom. The molecule has 1 atom stereocenters. The molecular weight excluding hydrogens is 219 g/mol. The lowest BCUT2D eigenvalue weighted by molar-refractivity contribution is -0.139. The maximum absolute atomic E-state index is 12.7. The Bertz CT molecular complexity index is 358. The number of nitrogens with one attached hydrogen (secondary N) is 1. The highest BCUT2D eigenvalue weighted by Crippen LogP contribution is 2.36. The van der Waals surface area contributed by atoms with Crippen LogP contribution >= 0.6 is 0 Å². The molecule has 0 spiro atoms. The minimum Gasteiger partial charge on any atom is -0.394 e. The maximum atomic E-state index is 12.7. The molecule has 0 bridgehead atoms. The largest absolute Gasteiger partial charge is 0.416 e. The first kappa shape index (κ1) is 13.0.